The molecule has 1 aliphatic carbocycles. The quantitative estimate of drug-likeness (QED) is 0.817. The lowest BCUT2D eigenvalue weighted by molar-refractivity contribution is -0.138. The maximum Gasteiger partial charge on any atom is 0.306 e. The van der Waals surface area contributed by atoms with Crippen LogP contribution in [0.15, 0.2) is 18.2 Å². The predicted molar refractivity (Wildman–Crippen MR) is 63.6 cm³/mol. The van der Waals surface area contributed by atoms with Gasteiger partial charge in [-0.2, -0.15) is 0 Å². The Morgan fingerprint density at radius 2 is 2.25 bits per heavy atom. The first-order valence-corrected chi connectivity index (χ1v) is 5.62. The van der Waals surface area contributed by atoms with Crippen molar-refractivity contribution in [2.75, 3.05) is 11.9 Å². The lowest BCUT2D eigenvalue weighted by Crippen LogP contribution is -2.09. The number of carbonyl (C=O) groups is 1. The molecule has 2 unspecified atom stereocenters. The van der Waals surface area contributed by atoms with Crippen molar-refractivity contribution in [3.05, 3.63) is 29.3 Å². The van der Waals surface area contributed by atoms with E-state index in [2.05, 4.69) is 37.4 Å². The Hall–Kier alpha value is -1.51. The van der Waals surface area contributed by atoms with Gasteiger partial charge < -0.3 is 10.4 Å². The molecule has 0 bridgehead atoms. The van der Waals surface area contributed by atoms with Gasteiger partial charge in [0, 0.05) is 12.2 Å². The van der Waals surface area contributed by atoms with Crippen LogP contribution in [0.3, 0.4) is 0 Å². The minimum atomic E-state index is -0.660. The standard InChI is InChI=1S/C13H17NO2/c1-8-3-4-12(9(2)5-8)14-7-10-6-11(10)13(15)16/h3-5,10-11,14H,6-7H2,1-2H3,(H,15,16). The molecule has 0 amide bonds. The van der Waals surface area contributed by atoms with Crippen LogP contribution >= 0.6 is 0 Å². The molecule has 1 aliphatic rings. The predicted octanol–water partition coefficient (Wildman–Crippen LogP) is 2.44. The molecule has 2 atom stereocenters. The molecule has 2 N–H and O–H groups in total. The Kier molecular flexibility index (Phi) is 2.86. The second-order valence-corrected chi connectivity index (χ2v) is 4.64. The van der Waals surface area contributed by atoms with Gasteiger partial charge in [0.2, 0.25) is 0 Å². The zero-order valence-corrected chi connectivity index (χ0v) is 9.66. The first-order valence-electron chi connectivity index (χ1n) is 5.62. The third-order valence-corrected chi connectivity index (χ3v) is 3.18. The molecule has 3 nitrogen and oxygen atoms in total. The average molecular weight is 219 g/mol. The normalized spacial score (nSPS) is 22.9. The Morgan fingerprint density at radius 3 is 2.81 bits per heavy atom. The molecule has 0 aromatic heterocycles. The number of anilines is 1. The van der Waals surface area contributed by atoms with E-state index in [0.29, 0.717) is 5.92 Å². The van der Waals surface area contributed by atoms with Crippen molar-refractivity contribution in [2.24, 2.45) is 11.8 Å². The second kappa shape index (κ2) is 4.16. The second-order valence-electron chi connectivity index (χ2n) is 4.64. The molecule has 1 fully saturated rings. The summed E-state index contributed by atoms with van der Waals surface area (Å²) in [6.07, 6.45) is 0.813. The number of nitrogens with one attached hydrogen (secondary N) is 1. The molecular formula is C13H17NO2. The highest BCUT2D eigenvalue weighted by molar-refractivity contribution is 5.73. The highest BCUT2D eigenvalue weighted by atomic mass is 16.4. The number of aliphatic carboxylic acids is 1. The number of hydrogen-bond donors (Lipinski definition) is 2. The van der Waals surface area contributed by atoms with Crippen LogP contribution in [-0.2, 0) is 4.79 Å². The van der Waals surface area contributed by atoms with E-state index >= 15 is 0 Å². The van der Waals surface area contributed by atoms with Crippen LogP contribution in [0.5, 0.6) is 0 Å². The maximum absolute atomic E-state index is 10.7. The monoisotopic (exact) mass is 219 g/mol. The molecule has 2 rings (SSSR count). The zero-order valence-electron chi connectivity index (χ0n) is 9.66. The van der Waals surface area contributed by atoms with Gasteiger partial charge in [-0.05, 0) is 37.8 Å². The lowest BCUT2D eigenvalue weighted by atomic mass is 10.1. The average Bonchev–Trinajstić information content (AvgIpc) is 2.96. The largest absolute Gasteiger partial charge is 0.481 e. The van der Waals surface area contributed by atoms with Crippen LogP contribution in [0.2, 0.25) is 0 Å². The Balaban J connectivity index is 1.89. The fourth-order valence-electron chi connectivity index (χ4n) is 2.03. The van der Waals surface area contributed by atoms with Crippen molar-refractivity contribution in [2.45, 2.75) is 20.3 Å². The molecule has 16 heavy (non-hydrogen) atoms. The molecule has 1 saturated carbocycles. The summed E-state index contributed by atoms with van der Waals surface area (Å²) in [6, 6.07) is 6.25. The summed E-state index contributed by atoms with van der Waals surface area (Å²) in [5.41, 5.74) is 3.58. The van der Waals surface area contributed by atoms with Crippen LogP contribution in [0.4, 0.5) is 5.69 Å². The Morgan fingerprint density at radius 1 is 1.50 bits per heavy atom. The van der Waals surface area contributed by atoms with Gasteiger partial charge in [0.1, 0.15) is 0 Å². The minimum Gasteiger partial charge on any atom is -0.481 e. The number of hydrogen-bond acceptors (Lipinski definition) is 2. The lowest BCUT2D eigenvalue weighted by Gasteiger charge is -2.09. The summed E-state index contributed by atoms with van der Waals surface area (Å²) < 4.78 is 0. The smallest absolute Gasteiger partial charge is 0.306 e. The topological polar surface area (TPSA) is 49.3 Å². The van der Waals surface area contributed by atoms with Gasteiger partial charge in [-0.25, -0.2) is 0 Å². The highest BCUT2D eigenvalue weighted by Gasteiger charge is 2.42. The van der Waals surface area contributed by atoms with Crippen LogP contribution in [-0.4, -0.2) is 17.6 Å². The van der Waals surface area contributed by atoms with Crippen molar-refractivity contribution in [1.82, 2.24) is 0 Å². The van der Waals surface area contributed by atoms with Crippen LogP contribution in [0, 0.1) is 25.7 Å². The number of aryl methyl sites for hydroxylation is 2. The third-order valence-electron chi connectivity index (χ3n) is 3.18. The number of carboxylic acid groups (broad SMARTS) is 1. The van der Waals surface area contributed by atoms with E-state index in [-0.39, 0.29) is 5.92 Å². The molecule has 3 heteroatoms. The van der Waals surface area contributed by atoms with Crippen molar-refractivity contribution in [3.8, 4) is 0 Å². The van der Waals surface area contributed by atoms with Gasteiger partial charge in [0.25, 0.3) is 0 Å². The van der Waals surface area contributed by atoms with Crippen molar-refractivity contribution in [1.29, 1.82) is 0 Å². The fraction of sp³-hybridized carbons (Fsp3) is 0.462. The SMILES string of the molecule is Cc1ccc(NCC2CC2C(=O)O)c(C)c1. The minimum absolute atomic E-state index is 0.127. The number of rotatable bonds is 4. The van der Waals surface area contributed by atoms with Gasteiger partial charge in [-0.1, -0.05) is 17.7 Å². The van der Waals surface area contributed by atoms with Gasteiger partial charge in [0.15, 0.2) is 0 Å². The molecule has 1 aromatic rings. The molecule has 0 radical (unpaired) electrons. The fourth-order valence-corrected chi connectivity index (χ4v) is 2.03. The molecule has 0 spiro atoms. The molecular weight excluding hydrogens is 202 g/mol. The van der Waals surface area contributed by atoms with Gasteiger partial charge in [0.05, 0.1) is 5.92 Å². The summed E-state index contributed by atoms with van der Waals surface area (Å²) in [5, 5.41) is 12.1. The first kappa shape index (κ1) is 11.0. The van der Waals surface area contributed by atoms with E-state index in [1.165, 1.54) is 11.1 Å². The van der Waals surface area contributed by atoms with Crippen molar-refractivity contribution in [3.63, 3.8) is 0 Å². The molecule has 0 heterocycles. The third kappa shape index (κ3) is 2.35. The van der Waals surface area contributed by atoms with Gasteiger partial charge in [-0.3, -0.25) is 4.79 Å². The first-order chi connectivity index (χ1) is 7.58. The van der Waals surface area contributed by atoms with E-state index < -0.39 is 5.97 Å². The van der Waals surface area contributed by atoms with Crippen molar-refractivity contribution >= 4 is 11.7 Å². The van der Waals surface area contributed by atoms with E-state index in [1.54, 1.807) is 0 Å². The van der Waals surface area contributed by atoms with Gasteiger partial charge in [-0.15, -0.1) is 0 Å². The Bertz CT molecular complexity index is 414. The molecule has 0 saturated heterocycles. The molecule has 1 aromatic carbocycles. The van der Waals surface area contributed by atoms with Crippen LogP contribution < -0.4 is 5.32 Å². The van der Waals surface area contributed by atoms with E-state index in [4.69, 9.17) is 5.11 Å². The van der Waals surface area contributed by atoms with E-state index in [1.807, 2.05) is 0 Å². The highest BCUT2D eigenvalue weighted by Crippen LogP contribution is 2.38. The zero-order chi connectivity index (χ0) is 11.7. The summed E-state index contributed by atoms with van der Waals surface area (Å²) >= 11 is 0. The van der Waals surface area contributed by atoms with Crippen LogP contribution in [0.25, 0.3) is 0 Å². The van der Waals surface area contributed by atoms with E-state index in [9.17, 15) is 4.79 Å². The summed E-state index contributed by atoms with van der Waals surface area (Å²) in [5.74, 6) is -0.483. The summed E-state index contributed by atoms with van der Waals surface area (Å²) in [7, 11) is 0. The van der Waals surface area contributed by atoms with Gasteiger partial charge >= 0.3 is 5.97 Å². The van der Waals surface area contributed by atoms with Crippen LogP contribution in [0.1, 0.15) is 17.5 Å². The van der Waals surface area contributed by atoms with Crippen molar-refractivity contribution < 1.29 is 9.90 Å². The molecule has 86 valence electrons. The number of benzene rings is 1. The Labute approximate surface area is 95.5 Å². The maximum atomic E-state index is 10.7. The van der Waals surface area contributed by atoms with E-state index in [0.717, 1.165) is 18.7 Å². The molecule has 0 aliphatic heterocycles. The number of carboxylic acids is 1. The summed E-state index contributed by atoms with van der Waals surface area (Å²) in [4.78, 5) is 10.7. The summed E-state index contributed by atoms with van der Waals surface area (Å²) in [6.45, 7) is 4.90.